The van der Waals surface area contributed by atoms with Crippen molar-refractivity contribution < 1.29 is 4.39 Å². The Labute approximate surface area is 181 Å². The fourth-order valence-electron chi connectivity index (χ4n) is 4.19. The van der Waals surface area contributed by atoms with Gasteiger partial charge in [0.15, 0.2) is 0 Å². The summed E-state index contributed by atoms with van der Waals surface area (Å²) in [5, 5.41) is 3.84. The number of nitrogens with one attached hydrogen (secondary N) is 1. The molecule has 0 amide bonds. The van der Waals surface area contributed by atoms with Gasteiger partial charge in [0.1, 0.15) is 11.6 Å². The molecule has 4 nitrogen and oxygen atoms in total. The molecule has 1 aromatic carbocycles. The summed E-state index contributed by atoms with van der Waals surface area (Å²) in [6.07, 6.45) is 6.25. The number of hydrogen-bond donors (Lipinski definition) is 2. The number of halogens is 2. The highest BCUT2D eigenvalue weighted by atomic mass is 35.5. The third-order valence-electron chi connectivity index (χ3n) is 5.78. The molecule has 0 spiro atoms. The second-order valence-corrected chi connectivity index (χ2v) is 8.44. The number of aromatic nitrogens is 2. The van der Waals surface area contributed by atoms with E-state index < -0.39 is 0 Å². The van der Waals surface area contributed by atoms with E-state index in [1.165, 1.54) is 31.4 Å². The maximum atomic E-state index is 13.4. The fourth-order valence-corrected chi connectivity index (χ4v) is 4.39. The molecular weight excluding hydrogens is 399 g/mol. The van der Waals surface area contributed by atoms with Crippen LogP contribution in [0.5, 0.6) is 0 Å². The van der Waals surface area contributed by atoms with E-state index in [-0.39, 0.29) is 5.82 Å². The molecule has 3 N–H and O–H groups in total. The average Bonchev–Trinajstić information content (AvgIpc) is 3.21. The maximum Gasteiger partial charge on any atom is 0.126 e. The van der Waals surface area contributed by atoms with Crippen LogP contribution >= 0.6 is 11.6 Å². The third kappa shape index (κ3) is 5.15. The van der Waals surface area contributed by atoms with Crippen molar-refractivity contribution in [3.8, 4) is 11.3 Å². The molecule has 3 aromatic rings. The van der Waals surface area contributed by atoms with E-state index in [0.29, 0.717) is 29.2 Å². The quantitative estimate of drug-likeness (QED) is 0.528. The van der Waals surface area contributed by atoms with Crippen LogP contribution in [-0.2, 0) is 13.0 Å². The number of nitrogens with two attached hydrogens (primary N) is 1. The summed E-state index contributed by atoms with van der Waals surface area (Å²) in [4.78, 5) is 9.25. The van der Waals surface area contributed by atoms with Gasteiger partial charge in [0, 0.05) is 24.0 Å². The van der Waals surface area contributed by atoms with Gasteiger partial charge in [-0.25, -0.2) is 9.37 Å². The SMILES string of the molecule is NC[C@H]1CC[C@@H](Cc2cc(-c3cccc(NCc4cccc(F)c4)n3)c(Cl)cn2)C1. The molecule has 6 heteroatoms. The minimum absolute atomic E-state index is 0.243. The van der Waals surface area contributed by atoms with Crippen LogP contribution in [0.25, 0.3) is 11.3 Å². The molecule has 4 rings (SSSR count). The van der Waals surface area contributed by atoms with Gasteiger partial charge in [0.2, 0.25) is 0 Å². The standard InChI is InChI=1S/C24H26ClFN4/c25-22-15-28-20(11-16-7-8-17(9-16)13-27)12-21(22)23-5-2-6-24(30-23)29-14-18-3-1-4-19(26)10-18/h1-6,10,12,15-17H,7-9,11,13-14,27H2,(H,29,30)/t16-,17+/m1/s1. The van der Waals surface area contributed by atoms with Gasteiger partial charge in [-0.05, 0) is 80.0 Å². The van der Waals surface area contributed by atoms with Crippen LogP contribution in [-0.4, -0.2) is 16.5 Å². The molecule has 2 aromatic heterocycles. The molecule has 2 atom stereocenters. The molecule has 2 heterocycles. The number of anilines is 1. The largest absolute Gasteiger partial charge is 0.366 e. The van der Waals surface area contributed by atoms with Crippen molar-refractivity contribution in [2.75, 3.05) is 11.9 Å². The van der Waals surface area contributed by atoms with Crippen molar-refractivity contribution in [3.05, 3.63) is 76.8 Å². The van der Waals surface area contributed by atoms with Crippen LogP contribution in [0, 0.1) is 17.7 Å². The van der Waals surface area contributed by atoms with E-state index >= 15 is 0 Å². The van der Waals surface area contributed by atoms with Gasteiger partial charge in [-0.2, -0.15) is 0 Å². The molecule has 0 aliphatic heterocycles. The van der Waals surface area contributed by atoms with E-state index in [9.17, 15) is 4.39 Å². The number of nitrogens with zero attached hydrogens (tertiary/aromatic N) is 2. The zero-order valence-electron chi connectivity index (χ0n) is 16.8. The lowest BCUT2D eigenvalue weighted by atomic mass is 9.98. The van der Waals surface area contributed by atoms with Crippen molar-refractivity contribution in [3.63, 3.8) is 0 Å². The van der Waals surface area contributed by atoms with E-state index in [1.807, 2.05) is 24.3 Å². The van der Waals surface area contributed by atoms with Gasteiger partial charge in [-0.1, -0.05) is 29.8 Å². The lowest BCUT2D eigenvalue weighted by Crippen LogP contribution is -2.11. The van der Waals surface area contributed by atoms with Gasteiger partial charge >= 0.3 is 0 Å². The average molecular weight is 425 g/mol. The lowest BCUT2D eigenvalue weighted by molar-refractivity contribution is 0.492. The summed E-state index contributed by atoms with van der Waals surface area (Å²) >= 11 is 6.45. The third-order valence-corrected chi connectivity index (χ3v) is 6.08. The fraction of sp³-hybridized carbons (Fsp3) is 0.333. The van der Waals surface area contributed by atoms with Crippen molar-refractivity contribution in [1.82, 2.24) is 9.97 Å². The summed E-state index contributed by atoms with van der Waals surface area (Å²) in [6.45, 7) is 1.27. The Morgan fingerprint density at radius 2 is 1.93 bits per heavy atom. The molecule has 1 saturated carbocycles. The molecule has 1 fully saturated rings. The van der Waals surface area contributed by atoms with Gasteiger partial charge in [-0.15, -0.1) is 0 Å². The van der Waals surface area contributed by atoms with Crippen molar-refractivity contribution in [2.45, 2.75) is 32.2 Å². The van der Waals surface area contributed by atoms with Gasteiger partial charge in [0.25, 0.3) is 0 Å². The van der Waals surface area contributed by atoms with Crippen molar-refractivity contribution in [1.29, 1.82) is 0 Å². The molecule has 30 heavy (non-hydrogen) atoms. The van der Waals surface area contributed by atoms with Crippen LogP contribution in [0.4, 0.5) is 10.2 Å². The predicted molar refractivity (Wildman–Crippen MR) is 120 cm³/mol. The number of benzene rings is 1. The second kappa shape index (κ2) is 9.54. The minimum Gasteiger partial charge on any atom is -0.366 e. The Balaban J connectivity index is 1.48. The zero-order valence-corrected chi connectivity index (χ0v) is 17.6. The molecule has 0 radical (unpaired) electrons. The second-order valence-electron chi connectivity index (χ2n) is 8.03. The Morgan fingerprint density at radius 1 is 1.10 bits per heavy atom. The molecular formula is C24H26ClFN4. The van der Waals surface area contributed by atoms with Crippen molar-refractivity contribution in [2.24, 2.45) is 17.6 Å². The highest BCUT2D eigenvalue weighted by molar-refractivity contribution is 6.33. The Morgan fingerprint density at radius 3 is 2.73 bits per heavy atom. The van der Waals surface area contributed by atoms with E-state index in [4.69, 9.17) is 22.3 Å². The molecule has 0 unspecified atom stereocenters. The molecule has 1 aliphatic carbocycles. The summed E-state index contributed by atoms with van der Waals surface area (Å²) in [7, 11) is 0. The summed E-state index contributed by atoms with van der Waals surface area (Å²) in [5.41, 5.74) is 9.40. The molecule has 1 aliphatic rings. The van der Waals surface area contributed by atoms with Gasteiger partial charge in [-0.3, -0.25) is 4.98 Å². The Hall–Kier alpha value is -2.50. The predicted octanol–water partition coefficient (Wildman–Crippen LogP) is 5.47. The van der Waals surface area contributed by atoms with E-state index in [2.05, 4.69) is 16.4 Å². The molecule has 156 valence electrons. The first-order chi connectivity index (χ1) is 14.6. The first-order valence-electron chi connectivity index (χ1n) is 10.4. The van der Waals surface area contributed by atoms with Crippen LogP contribution in [0.3, 0.4) is 0 Å². The van der Waals surface area contributed by atoms with Crippen LogP contribution in [0.15, 0.2) is 54.7 Å². The zero-order chi connectivity index (χ0) is 20.9. The number of rotatable bonds is 7. The maximum absolute atomic E-state index is 13.4. The van der Waals surface area contributed by atoms with Crippen molar-refractivity contribution >= 4 is 17.4 Å². The summed E-state index contributed by atoms with van der Waals surface area (Å²) in [5.74, 6) is 1.75. The highest BCUT2D eigenvalue weighted by Crippen LogP contribution is 2.34. The number of pyridine rings is 2. The summed E-state index contributed by atoms with van der Waals surface area (Å²) in [6, 6.07) is 14.4. The highest BCUT2D eigenvalue weighted by Gasteiger charge is 2.24. The number of hydrogen-bond acceptors (Lipinski definition) is 4. The van der Waals surface area contributed by atoms with E-state index in [1.54, 1.807) is 12.3 Å². The van der Waals surface area contributed by atoms with Crippen LogP contribution in [0.2, 0.25) is 5.02 Å². The normalized spacial score (nSPS) is 18.5. The topological polar surface area (TPSA) is 63.8 Å². The first-order valence-corrected chi connectivity index (χ1v) is 10.8. The lowest BCUT2D eigenvalue weighted by Gasteiger charge is -2.12. The van der Waals surface area contributed by atoms with Crippen LogP contribution < -0.4 is 11.1 Å². The molecule has 0 bridgehead atoms. The Bertz CT molecular complexity index is 1010. The minimum atomic E-state index is -0.243. The first kappa shape index (κ1) is 20.8. The summed E-state index contributed by atoms with van der Waals surface area (Å²) < 4.78 is 13.4. The van der Waals surface area contributed by atoms with Gasteiger partial charge < -0.3 is 11.1 Å². The Kier molecular flexibility index (Phi) is 6.60. The van der Waals surface area contributed by atoms with E-state index in [0.717, 1.165) is 35.5 Å². The van der Waals surface area contributed by atoms with Gasteiger partial charge in [0.05, 0.1) is 10.7 Å². The monoisotopic (exact) mass is 424 g/mol. The molecule has 0 saturated heterocycles. The smallest absolute Gasteiger partial charge is 0.126 e. The van der Waals surface area contributed by atoms with Crippen LogP contribution in [0.1, 0.15) is 30.5 Å².